The molecule has 178 valence electrons. The van der Waals surface area contributed by atoms with Crippen molar-refractivity contribution in [1.29, 1.82) is 0 Å². The maximum Gasteiger partial charge on any atom is 0.265 e. The molecule has 10 heteroatoms. The number of amides is 2. The molecular formula is C23H29N3O5S2. The summed E-state index contributed by atoms with van der Waals surface area (Å²) in [6, 6.07) is 9.21. The number of methoxy groups -OCH3 is 1. The van der Waals surface area contributed by atoms with Crippen molar-refractivity contribution in [2.24, 2.45) is 0 Å². The van der Waals surface area contributed by atoms with Gasteiger partial charge in [-0.25, -0.2) is 8.42 Å². The fourth-order valence-corrected chi connectivity index (χ4v) is 7.11. The SMILES string of the molecule is COc1ccc(CCC(=O)N2CCN(C(=O)c3sccc3S(=O)(=O)N3CCCC3)CC2)cc1. The molecule has 2 aliphatic rings. The molecule has 1 aromatic carbocycles. The minimum atomic E-state index is -3.65. The monoisotopic (exact) mass is 491 g/mol. The standard InChI is InChI=1S/C23H29N3O5S2/c1-31-19-7-4-18(5-8-19)6-9-21(27)24-13-15-25(16-14-24)23(28)22-20(10-17-32-22)33(29,30)26-11-2-3-12-26/h4-5,7-8,10,17H,2-3,6,9,11-16H2,1H3. The van der Waals surface area contributed by atoms with Crippen molar-refractivity contribution in [1.82, 2.24) is 14.1 Å². The molecule has 1 aromatic heterocycles. The quantitative estimate of drug-likeness (QED) is 0.594. The number of carbonyl (C=O) groups excluding carboxylic acids is 2. The molecule has 4 rings (SSSR count). The van der Waals surface area contributed by atoms with Crippen LogP contribution in [-0.2, 0) is 21.2 Å². The van der Waals surface area contributed by atoms with E-state index in [2.05, 4.69) is 0 Å². The third kappa shape index (κ3) is 5.23. The molecule has 0 spiro atoms. The smallest absolute Gasteiger partial charge is 0.265 e. The van der Waals surface area contributed by atoms with Gasteiger partial charge in [0.05, 0.1) is 7.11 Å². The first-order valence-corrected chi connectivity index (χ1v) is 13.5. The van der Waals surface area contributed by atoms with Gasteiger partial charge >= 0.3 is 0 Å². The Morgan fingerprint density at radius 3 is 2.21 bits per heavy atom. The van der Waals surface area contributed by atoms with Crippen LogP contribution in [0.2, 0.25) is 0 Å². The van der Waals surface area contributed by atoms with Crippen molar-refractivity contribution < 1.29 is 22.7 Å². The lowest BCUT2D eigenvalue weighted by molar-refractivity contribution is -0.132. The number of sulfonamides is 1. The van der Waals surface area contributed by atoms with Gasteiger partial charge in [0.25, 0.3) is 5.91 Å². The Hall–Kier alpha value is -2.43. The van der Waals surface area contributed by atoms with Gasteiger partial charge in [0, 0.05) is 45.7 Å². The van der Waals surface area contributed by atoms with Gasteiger partial charge < -0.3 is 14.5 Å². The summed E-state index contributed by atoms with van der Waals surface area (Å²) in [5.74, 6) is 0.576. The number of carbonyl (C=O) groups is 2. The molecule has 2 saturated heterocycles. The molecule has 2 fully saturated rings. The fraction of sp³-hybridized carbons (Fsp3) is 0.478. The lowest BCUT2D eigenvalue weighted by Crippen LogP contribution is -2.50. The Morgan fingerprint density at radius 2 is 1.58 bits per heavy atom. The van der Waals surface area contributed by atoms with Gasteiger partial charge in [-0.2, -0.15) is 4.31 Å². The van der Waals surface area contributed by atoms with Crippen LogP contribution in [0.1, 0.15) is 34.5 Å². The van der Waals surface area contributed by atoms with Crippen LogP contribution in [0.4, 0.5) is 0 Å². The van der Waals surface area contributed by atoms with Crippen molar-refractivity contribution in [2.75, 3.05) is 46.4 Å². The van der Waals surface area contributed by atoms with E-state index in [4.69, 9.17) is 4.74 Å². The van der Waals surface area contributed by atoms with E-state index in [1.807, 2.05) is 24.3 Å². The number of thiophene rings is 1. The normalized spacial score (nSPS) is 17.4. The van der Waals surface area contributed by atoms with Gasteiger partial charge in [0.2, 0.25) is 15.9 Å². The predicted octanol–water partition coefficient (Wildman–Crippen LogP) is 2.46. The summed E-state index contributed by atoms with van der Waals surface area (Å²) in [5, 5.41) is 1.66. The van der Waals surface area contributed by atoms with Crippen LogP contribution in [0.3, 0.4) is 0 Å². The Labute approximate surface area is 198 Å². The largest absolute Gasteiger partial charge is 0.497 e. The molecule has 0 aliphatic carbocycles. The second kappa shape index (κ2) is 10.2. The Morgan fingerprint density at radius 1 is 0.939 bits per heavy atom. The van der Waals surface area contributed by atoms with E-state index < -0.39 is 10.0 Å². The molecule has 0 N–H and O–H groups in total. The first-order chi connectivity index (χ1) is 15.9. The molecule has 33 heavy (non-hydrogen) atoms. The third-order valence-electron chi connectivity index (χ3n) is 6.21. The van der Waals surface area contributed by atoms with E-state index in [0.717, 1.165) is 24.2 Å². The van der Waals surface area contributed by atoms with Gasteiger partial charge in [0.15, 0.2) is 0 Å². The molecule has 0 saturated carbocycles. The first-order valence-electron chi connectivity index (χ1n) is 11.2. The zero-order chi connectivity index (χ0) is 23.4. The lowest BCUT2D eigenvalue weighted by atomic mass is 10.1. The first kappa shape index (κ1) is 23.7. The van der Waals surface area contributed by atoms with Crippen molar-refractivity contribution in [3.05, 3.63) is 46.2 Å². The Kier molecular flexibility index (Phi) is 7.35. The summed E-state index contributed by atoms with van der Waals surface area (Å²) in [5.41, 5.74) is 1.07. The average Bonchev–Trinajstić information content (AvgIpc) is 3.56. The second-order valence-corrected chi connectivity index (χ2v) is 11.1. The van der Waals surface area contributed by atoms with Crippen molar-refractivity contribution in [3.63, 3.8) is 0 Å². The summed E-state index contributed by atoms with van der Waals surface area (Å²) < 4.78 is 32.6. The number of rotatable bonds is 7. The zero-order valence-corrected chi connectivity index (χ0v) is 20.4. The maximum atomic E-state index is 13.1. The highest BCUT2D eigenvalue weighted by atomic mass is 32.2. The van der Waals surface area contributed by atoms with Gasteiger partial charge in [-0.15, -0.1) is 11.3 Å². The molecule has 2 aromatic rings. The van der Waals surface area contributed by atoms with Crippen LogP contribution in [0.5, 0.6) is 5.75 Å². The highest BCUT2D eigenvalue weighted by Crippen LogP contribution is 2.29. The molecule has 0 atom stereocenters. The third-order valence-corrected chi connectivity index (χ3v) is 9.18. The highest BCUT2D eigenvalue weighted by Gasteiger charge is 2.34. The van der Waals surface area contributed by atoms with Crippen molar-refractivity contribution in [3.8, 4) is 5.75 Å². The molecule has 2 amide bonds. The number of aryl methyl sites for hydroxylation is 1. The van der Waals surface area contributed by atoms with Crippen LogP contribution in [-0.4, -0.2) is 80.7 Å². The number of ether oxygens (including phenoxy) is 1. The summed E-state index contributed by atoms with van der Waals surface area (Å²) in [6.45, 7) is 2.70. The lowest BCUT2D eigenvalue weighted by Gasteiger charge is -2.35. The number of benzene rings is 1. The van der Waals surface area contributed by atoms with Gasteiger partial charge in [0.1, 0.15) is 15.5 Å². The topological polar surface area (TPSA) is 87.2 Å². The van der Waals surface area contributed by atoms with Crippen LogP contribution in [0, 0.1) is 0 Å². The van der Waals surface area contributed by atoms with E-state index in [0.29, 0.717) is 52.1 Å². The summed E-state index contributed by atoms with van der Waals surface area (Å²) in [6.07, 6.45) is 2.75. The average molecular weight is 492 g/mol. The van der Waals surface area contributed by atoms with E-state index >= 15 is 0 Å². The molecule has 3 heterocycles. The van der Waals surface area contributed by atoms with Crippen LogP contribution in [0.25, 0.3) is 0 Å². The summed E-state index contributed by atoms with van der Waals surface area (Å²) in [7, 11) is -2.03. The van der Waals surface area contributed by atoms with E-state index in [-0.39, 0.29) is 21.6 Å². The predicted molar refractivity (Wildman–Crippen MR) is 126 cm³/mol. The highest BCUT2D eigenvalue weighted by molar-refractivity contribution is 7.89. The van der Waals surface area contributed by atoms with Crippen LogP contribution in [0.15, 0.2) is 40.6 Å². The van der Waals surface area contributed by atoms with E-state index in [1.54, 1.807) is 22.3 Å². The molecule has 2 aliphatic heterocycles. The van der Waals surface area contributed by atoms with Gasteiger partial charge in [-0.3, -0.25) is 9.59 Å². The molecular weight excluding hydrogens is 462 g/mol. The molecule has 8 nitrogen and oxygen atoms in total. The maximum absolute atomic E-state index is 13.1. The van der Waals surface area contributed by atoms with Gasteiger partial charge in [-0.05, 0) is 48.4 Å². The molecule has 0 unspecified atom stereocenters. The fourth-order valence-electron chi connectivity index (χ4n) is 4.23. The number of hydrogen-bond donors (Lipinski definition) is 0. The van der Waals surface area contributed by atoms with Crippen molar-refractivity contribution in [2.45, 2.75) is 30.6 Å². The van der Waals surface area contributed by atoms with Gasteiger partial charge in [-0.1, -0.05) is 12.1 Å². The van der Waals surface area contributed by atoms with E-state index in [9.17, 15) is 18.0 Å². The van der Waals surface area contributed by atoms with Crippen LogP contribution >= 0.6 is 11.3 Å². The number of piperazine rings is 1. The Bertz CT molecular complexity index is 1080. The molecule has 0 bridgehead atoms. The minimum Gasteiger partial charge on any atom is -0.497 e. The number of hydrogen-bond acceptors (Lipinski definition) is 6. The van der Waals surface area contributed by atoms with Crippen molar-refractivity contribution >= 4 is 33.2 Å². The number of nitrogens with zero attached hydrogens (tertiary/aromatic N) is 3. The molecule has 0 radical (unpaired) electrons. The second-order valence-electron chi connectivity index (χ2n) is 8.25. The minimum absolute atomic E-state index is 0.0614. The van der Waals surface area contributed by atoms with Crippen LogP contribution < -0.4 is 4.74 Å². The van der Waals surface area contributed by atoms with E-state index in [1.165, 1.54) is 21.7 Å². The summed E-state index contributed by atoms with van der Waals surface area (Å²) >= 11 is 1.17. The Balaban J connectivity index is 1.32. The summed E-state index contributed by atoms with van der Waals surface area (Å²) in [4.78, 5) is 29.6. The zero-order valence-electron chi connectivity index (χ0n) is 18.7.